The minimum atomic E-state index is -0.620. The number of carbonyl (C=O) groups excluding carboxylic acids is 2. The maximum Gasteiger partial charge on any atom is 0.345 e. The van der Waals surface area contributed by atoms with E-state index in [1.807, 2.05) is 6.92 Å². The van der Waals surface area contributed by atoms with Crippen molar-refractivity contribution >= 4 is 41.3 Å². The second kappa shape index (κ2) is 22.0. The van der Waals surface area contributed by atoms with Crippen molar-refractivity contribution in [1.29, 1.82) is 0 Å². The Morgan fingerprint density at radius 2 is 1.36 bits per heavy atom. The normalized spacial score (nSPS) is 11.1. The third-order valence-electron chi connectivity index (χ3n) is 7.03. The van der Waals surface area contributed by atoms with Gasteiger partial charge in [-0.1, -0.05) is 120 Å². The highest BCUT2D eigenvalue weighted by molar-refractivity contribution is 6.36. The van der Waals surface area contributed by atoms with Gasteiger partial charge in [-0.05, 0) is 55.3 Å². The van der Waals surface area contributed by atoms with Gasteiger partial charge in [0.25, 0.3) is 0 Å². The van der Waals surface area contributed by atoms with Crippen LogP contribution in [0.25, 0.3) is 0 Å². The molecule has 232 valence electrons. The Balaban J connectivity index is 1.61. The molecule has 0 saturated heterocycles. The maximum absolute atomic E-state index is 12.6. The molecule has 0 aliphatic heterocycles. The van der Waals surface area contributed by atoms with Crippen LogP contribution in [0.1, 0.15) is 133 Å². The molecule has 0 fully saturated rings. The van der Waals surface area contributed by atoms with Gasteiger partial charge in [0.05, 0.1) is 23.4 Å². The van der Waals surface area contributed by atoms with Crippen LogP contribution in [0.2, 0.25) is 10.0 Å². The number of rotatable bonds is 22. The number of hydrogen-bond acceptors (Lipinski definition) is 5. The zero-order chi connectivity index (χ0) is 30.4. The fourth-order valence-electron chi connectivity index (χ4n) is 4.66. The Kier molecular flexibility index (Phi) is 18.7. The number of hydrazone groups is 1. The van der Waals surface area contributed by atoms with Gasteiger partial charge >= 0.3 is 5.97 Å². The predicted octanol–water partition coefficient (Wildman–Crippen LogP) is 10.3. The summed E-state index contributed by atoms with van der Waals surface area (Å²) in [6.45, 7) is 4.48. The third kappa shape index (κ3) is 15.1. The number of ether oxygens (including phenoxy) is 2. The molecule has 0 aromatic heterocycles. The highest BCUT2D eigenvalue weighted by atomic mass is 35.5. The van der Waals surface area contributed by atoms with Crippen LogP contribution in [0.4, 0.5) is 0 Å². The van der Waals surface area contributed by atoms with Crippen molar-refractivity contribution in [2.75, 3.05) is 6.61 Å². The Hall–Kier alpha value is -2.57. The van der Waals surface area contributed by atoms with Crippen LogP contribution in [0.5, 0.6) is 11.5 Å². The SMILES string of the molecule is CCCCCCCCCCCCCCCCCC(=O)N/N=C\c1ccc(OC(=O)c2ccc(Cl)cc2Cl)c(OCC)c1. The van der Waals surface area contributed by atoms with Gasteiger partial charge in [-0.15, -0.1) is 0 Å². The number of hydrogen-bond donors (Lipinski definition) is 1. The topological polar surface area (TPSA) is 77.0 Å². The van der Waals surface area contributed by atoms with Crippen LogP contribution >= 0.6 is 23.2 Å². The van der Waals surface area contributed by atoms with Crippen LogP contribution in [-0.2, 0) is 4.79 Å². The highest BCUT2D eigenvalue weighted by Gasteiger charge is 2.16. The lowest BCUT2D eigenvalue weighted by molar-refractivity contribution is -0.121. The van der Waals surface area contributed by atoms with Gasteiger partial charge in [0, 0.05) is 11.4 Å². The first-order chi connectivity index (χ1) is 20.4. The zero-order valence-electron chi connectivity index (χ0n) is 25.4. The van der Waals surface area contributed by atoms with E-state index in [0.29, 0.717) is 29.4 Å². The van der Waals surface area contributed by atoms with E-state index in [0.717, 1.165) is 12.8 Å². The summed E-state index contributed by atoms with van der Waals surface area (Å²) in [5, 5.41) is 4.70. The van der Waals surface area contributed by atoms with Crippen molar-refractivity contribution < 1.29 is 19.1 Å². The van der Waals surface area contributed by atoms with Crippen molar-refractivity contribution in [1.82, 2.24) is 5.43 Å². The smallest absolute Gasteiger partial charge is 0.345 e. The van der Waals surface area contributed by atoms with E-state index < -0.39 is 5.97 Å². The monoisotopic (exact) mass is 618 g/mol. The Labute approximate surface area is 262 Å². The summed E-state index contributed by atoms with van der Waals surface area (Å²) >= 11 is 12.0. The van der Waals surface area contributed by atoms with Gasteiger partial charge in [0.1, 0.15) is 0 Å². The molecule has 0 unspecified atom stereocenters. The van der Waals surface area contributed by atoms with Gasteiger partial charge in [-0.25, -0.2) is 10.2 Å². The second-order valence-corrected chi connectivity index (χ2v) is 11.5. The molecule has 2 aromatic carbocycles. The number of nitrogens with one attached hydrogen (secondary N) is 1. The summed E-state index contributed by atoms with van der Waals surface area (Å²) in [6.07, 6.45) is 21.4. The van der Waals surface area contributed by atoms with Crippen molar-refractivity contribution in [3.8, 4) is 11.5 Å². The van der Waals surface area contributed by atoms with Gasteiger partial charge in [-0.2, -0.15) is 5.10 Å². The molecule has 1 N–H and O–H groups in total. The first-order valence-corrected chi connectivity index (χ1v) is 16.5. The minimum absolute atomic E-state index is 0.101. The highest BCUT2D eigenvalue weighted by Crippen LogP contribution is 2.30. The predicted molar refractivity (Wildman–Crippen MR) is 174 cm³/mol. The molecule has 0 spiro atoms. The minimum Gasteiger partial charge on any atom is -0.490 e. The van der Waals surface area contributed by atoms with Crippen molar-refractivity contribution in [3.63, 3.8) is 0 Å². The van der Waals surface area contributed by atoms with E-state index in [1.54, 1.807) is 24.3 Å². The lowest BCUT2D eigenvalue weighted by Crippen LogP contribution is -2.16. The first-order valence-electron chi connectivity index (χ1n) is 15.7. The summed E-state index contributed by atoms with van der Waals surface area (Å²) < 4.78 is 11.2. The standard InChI is InChI=1S/C34H48Cl2N2O4/c1-3-5-6-7-8-9-10-11-12-13-14-15-16-17-18-19-33(39)38-37-26-27-20-23-31(32(24-27)41-4-2)42-34(40)29-22-21-28(35)25-30(29)36/h20-26H,3-19H2,1-2H3,(H,38,39)/b37-26-. The molecule has 0 aliphatic carbocycles. The molecule has 2 aromatic rings. The largest absolute Gasteiger partial charge is 0.490 e. The fourth-order valence-corrected chi connectivity index (χ4v) is 5.14. The molecule has 42 heavy (non-hydrogen) atoms. The lowest BCUT2D eigenvalue weighted by atomic mass is 10.0. The molecule has 2 rings (SSSR count). The first kappa shape index (κ1) is 35.6. The molecule has 0 aliphatic rings. The molecular formula is C34H48Cl2N2O4. The van der Waals surface area contributed by atoms with E-state index in [-0.39, 0.29) is 22.2 Å². The number of amides is 1. The Morgan fingerprint density at radius 1 is 0.762 bits per heavy atom. The number of esters is 1. The average Bonchev–Trinajstić information content (AvgIpc) is 2.96. The number of nitrogens with zero attached hydrogens (tertiary/aromatic N) is 1. The van der Waals surface area contributed by atoms with Crippen LogP contribution in [-0.4, -0.2) is 24.7 Å². The van der Waals surface area contributed by atoms with Gasteiger partial charge in [0.2, 0.25) is 5.91 Å². The summed E-state index contributed by atoms with van der Waals surface area (Å²) in [5.74, 6) is -0.0901. The number of halogens is 2. The average molecular weight is 620 g/mol. The van der Waals surface area contributed by atoms with Crippen LogP contribution in [0.3, 0.4) is 0 Å². The summed E-state index contributed by atoms with van der Waals surface area (Å²) in [6, 6.07) is 9.60. The molecule has 0 atom stereocenters. The van der Waals surface area contributed by atoms with Gasteiger partial charge < -0.3 is 9.47 Å². The molecule has 0 radical (unpaired) electrons. The summed E-state index contributed by atoms with van der Waals surface area (Å²) in [5.41, 5.74) is 3.48. The maximum atomic E-state index is 12.6. The summed E-state index contributed by atoms with van der Waals surface area (Å²) in [4.78, 5) is 24.8. The molecular weight excluding hydrogens is 571 g/mol. The fraction of sp³-hybridized carbons (Fsp3) is 0.559. The molecule has 0 saturated carbocycles. The number of benzene rings is 2. The summed E-state index contributed by atoms with van der Waals surface area (Å²) in [7, 11) is 0. The molecule has 1 amide bonds. The Bertz CT molecular complexity index is 1110. The Morgan fingerprint density at radius 3 is 1.93 bits per heavy atom. The van der Waals surface area contributed by atoms with Crippen molar-refractivity contribution in [2.45, 2.75) is 117 Å². The van der Waals surface area contributed by atoms with Crippen LogP contribution in [0, 0.1) is 0 Å². The number of unbranched alkanes of at least 4 members (excludes halogenated alkanes) is 14. The quantitative estimate of drug-likeness (QED) is 0.0468. The molecule has 6 nitrogen and oxygen atoms in total. The van der Waals surface area contributed by atoms with Gasteiger partial charge in [0.15, 0.2) is 11.5 Å². The van der Waals surface area contributed by atoms with Crippen molar-refractivity contribution in [2.24, 2.45) is 5.10 Å². The van der Waals surface area contributed by atoms with E-state index in [4.69, 9.17) is 32.7 Å². The lowest BCUT2D eigenvalue weighted by Gasteiger charge is -2.12. The van der Waals surface area contributed by atoms with Crippen molar-refractivity contribution in [3.05, 3.63) is 57.6 Å². The van der Waals surface area contributed by atoms with Gasteiger partial charge in [-0.3, -0.25) is 4.79 Å². The van der Waals surface area contributed by atoms with Crippen LogP contribution < -0.4 is 14.9 Å². The number of carbonyl (C=O) groups is 2. The molecule has 0 bridgehead atoms. The van der Waals surface area contributed by atoms with E-state index in [1.165, 1.54) is 102 Å². The van der Waals surface area contributed by atoms with E-state index in [2.05, 4.69) is 17.5 Å². The second-order valence-electron chi connectivity index (χ2n) is 10.6. The zero-order valence-corrected chi connectivity index (χ0v) is 26.9. The third-order valence-corrected chi connectivity index (χ3v) is 7.58. The van der Waals surface area contributed by atoms with Crippen LogP contribution in [0.15, 0.2) is 41.5 Å². The molecule has 0 heterocycles. The van der Waals surface area contributed by atoms with E-state index >= 15 is 0 Å². The molecule has 8 heteroatoms. The van der Waals surface area contributed by atoms with E-state index in [9.17, 15) is 9.59 Å².